The van der Waals surface area contributed by atoms with Crippen molar-refractivity contribution in [3.05, 3.63) is 10.6 Å². The van der Waals surface area contributed by atoms with E-state index in [-0.39, 0.29) is 23.8 Å². The Kier molecular flexibility index (Phi) is 6.59. The van der Waals surface area contributed by atoms with Gasteiger partial charge in [0.05, 0.1) is 12.3 Å². The molecule has 2 unspecified atom stereocenters. The van der Waals surface area contributed by atoms with Gasteiger partial charge in [-0.15, -0.1) is 5.10 Å². The highest BCUT2D eigenvalue weighted by molar-refractivity contribution is 7.99. The van der Waals surface area contributed by atoms with Gasteiger partial charge in [0.25, 0.3) is 5.91 Å². The number of aliphatic hydroxyl groups excluding tert-OH is 1. The van der Waals surface area contributed by atoms with Crippen LogP contribution in [0.2, 0.25) is 0 Å². The van der Waals surface area contributed by atoms with Gasteiger partial charge in [0, 0.05) is 11.3 Å². The first-order chi connectivity index (χ1) is 8.63. The fourth-order valence-corrected chi connectivity index (χ4v) is 2.82. The third-order valence-corrected chi connectivity index (χ3v) is 4.58. The van der Waals surface area contributed by atoms with Crippen LogP contribution in [0.5, 0.6) is 0 Å². The molecule has 0 aliphatic heterocycles. The van der Waals surface area contributed by atoms with Crippen LogP contribution in [-0.2, 0) is 6.42 Å². The summed E-state index contributed by atoms with van der Waals surface area (Å²) in [6.07, 6.45) is 3.62. The molecule has 0 bridgehead atoms. The minimum Gasteiger partial charge on any atom is -0.395 e. The first-order valence-electron chi connectivity index (χ1n) is 5.89. The normalized spacial score (nSPS) is 14.2. The molecule has 2 atom stereocenters. The van der Waals surface area contributed by atoms with Crippen LogP contribution < -0.4 is 5.32 Å². The fourth-order valence-electron chi connectivity index (χ4n) is 1.58. The first kappa shape index (κ1) is 15.4. The molecule has 1 amide bonds. The van der Waals surface area contributed by atoms with Gasteiger partial charge in [-0.2, -0.15) is 11.8 Å². The summed E-state index contributed by atoms with van der Waals surface area (Å²) in [7, 11) is 0. The van der Waals surface area contributed by atoms with Gasteiger partial charge in [0.1, 0.15) is 4.88 Å². The summed E-state index contributed by atoms with van der Waals surface area (Å²) in [6.45, 7) is 3.98. The van der Waals surface area contributed by atoms with Crippen LogP contribution in [0.15, 0.2) is 0 Å². The lowest BCUT2D eigenvalue weighted by molar-refractivity contribution is 0.0939. The van der Waals surface area contributed by atoms with E-state index in [1.54, 1.807) is 0 Å². The zero-order chi connectivity index (χ0) is 13.5. The number of hydrogen-bond acceptors (Lipinski definition) is 6. The topological polar surface area (TPSA) is 75.1 Å². The van der Waals surface area contributed by atoms with Crippen molar-refractivity contribution in [3.8, 4) is 0 Å². The number of aromatic nitrogens is 2. The zero-order valence-corrected chi connectivity index (χ0v) is 12.5. The Morgan fingerprint density at radius 1 is 1.61 bits per heavy atom. The Labute approximate surface area is 116 Å². The molecule has 0 aromatic carbocycles. The summed E-state index contributed by atoms with van der Waals surface area (Å²) in [5, 5.41) is 16.1. The molecule has 1 aromatic rings. The molecule has 0 saturated carbocycles. The van der Waals surface area contributed by atoms with Crippen LogP contribution in [0, 0.1) is 0 Å². The van der Waals surface area contributed by atoms with Gasteiger partial charge >= 0.3 is 0 Å². The van der Waals surface area contributed by atoms with Gasteiger partial charge in [-0.3, -0.25) is 4.79 Å². The molecule has 1 heterocycles. The van der Waals surface area contributed by atoms with E-state index >= 15 is 0 Å². The van der Waals surface area contributed by atoms with Crippen LogP contribution in [0.4, 0.5) is 0 Å². The number of hydrogen-bond donors (Lipinski definition) is 2. The quantitative estimate of drug-likeness (QED) is 0.792. The Balaban J connectivity index is 2.67. The Bertz CT molecular complexity index is 380. The van der Waals surface area contributed by atoms with Crippen molar-refractivity contribution in [2.24, 2.45) is 0 Å². The zero-order valence-electron chi connectivity index (χ0n) is 10.8. The van der Waals surface area contributed by atoms with Crippen molar-refractivity contribution in [2.75, 3.05) is 12.9 Å². The molecule has 1 aromatic heterocycles. The van der Waals surface area contributed by atoms with Crippen molar-refractivity contribution >= 4 is 29.2 Å². The lowest BCUT2D eigenvalue weighted by Gasteiger charge is -2.20. The molecule has 0 radical (unpaired) electrons. The van der Waals surface area contributed by atoms with E-state index in [4.69, 9.17) is 0 Å². The number of nitrogens with zero attached hydrogens (tertiary/aromatic N) is 2. The number of nitrogens with one attached hydrogen (secondary N) is 1. The highest BCUT2D eigenvalue weighted by Crippen LogP contribution is 2.15. The number of aryl methyl sites for hydroxylation is 1. The molecule has 5 nitrogen and oxygen atoms in total. The minimum absolute atomic E-state index is 0.00413. The monoisotopic (exact) mass is 289 g/mol. The van der Waals surface area contributed by atoms with Crippen molar-refractivity contribution in [1.82, 2.24) is 14.9 Å². The van der Waals surface area contributed by atoms with Crippen LogP contribution in [0.1, 0.15) is 35.6 Å². The van der Waals surface area contributed by atoms with E-state index < -0.39 is 0 Å². The van der Waals surface area contributed by atoms with E-state index in [2.05, 4.69) is 14.9 Å². The predicted octanol–water partition coefficient (Wildman–Crippen LogP) is 1.33. The molecule has 0 spiro atoms. The number of amides is 1. The maximum Gasteiger partial charge on any atom is 0.265 e. The third kappa shape index (κ3) is 3.93. The van der Waals surface area contributed by atoms with Gasteiger partial charge in [0.2, 0.25) is 0 Å². The molecule has 7 heteroatoms. The molecule has 0 aliphatic carbocycles. The van der Waals surface area contributed by atoms with E-state index in [9.17, 15) is 9.90 Å². The van der Waals surface area contributed by atoms with Gasteiger partial charge in [-0.1, -0.05) is 17.8 Å². The largest absolute Gasteiger partial charge is 0.395 e. The van der Waals surface area contributed by atoms with E-state index in [1.165, 1.54) is 11.8 Å². The summed E-state index contributed by atoms with van der Waals surface area (Å²) >= 11 is 2.66. The maximum absolute atomic E-state index is 12.1. The number of aliphatic hydroxyl groups is 1. The SMILES string of the molecule is CCCc1nnsc1C(=O)NC(C)C(CO)SC. The highest BCUT2D eigenvalue weighted by Gasteiger charge is 2.21. The number of carbonyl (C=O) groups is 1. The third-order valence-electron chi connectivity index (χ3n) is 2.65. The smallest absolute Gasteiger partial charge is 0.265 e. The second-order valence-corrected chi connectivity index (χ2v) is 5.85. The average molecular weight is 289 g/mol. The van der Waals surface area contributed by atoms with Crippen LogP contribution in [-0.4, -0.2) is 44.8 Å². The second-order valence-electron chi connectivity index (χ2n) is 4.02. The fraction of sp³-hybridized carbons (Fsp3) is 0.727. The minimum atomic E-state index is -0.145. The van der Waals surface area contributed by atoms with Crippen molar-refractivity contribution < 1.29 is 9.90 Å². The molecular weight excluding hydrogens is 270 g/mol. The molecule has 18 heavy (non-hydrogen) atoms. The predicted molar refractivity (Wildman–Crippen MR) is 75.2 cm³/mol. The molecule has 0 fully saturated rings. The standard InChI is InChI=1S/C11H19N3O2S2/c1-4-5-8-10(18-14-13-8)11(16)12-7(2)9(6-15)17-3/h7,9,15H,4-6H2,1-3H3,(H,12,16). The van der Waals surface area contributed by atoms with E-state index in [0.717, 1.165) is 30.1 Å². The Morgan fingerprint density at radius 3 is 2.89 bits per heavy atom. The van der Waals surface area contributed by atoms with Crippen LogP contribution >= 0.6 is 23.3 Å². The average Bonchev–Trinajstić information content (AvgIpc) is 2.79. The van der Waals surface area contributed by atoms with Gasteiger partial charge < -0.3 is 10.4 Å². The maximum atomic E-state index is 12.1. The van der Waals surface area contributed by atoms with Gasteiger partial charge in [-0.05, 0) is 31.1 Å². The molecule has 102 valence electrons. The molecule has 0 aliphatic rings. The Hall–Kier alpha value is -0.660. The summed E-state index contributed by atoms with van der Waals surface area (Å²) in [5.41, 5.74) is 0.761. The summed E-state index contributed by atoms with van der Waals surface area (Å²) < 4.78 is 3.83. The van der Waals surface area contributed by atoms with Crippen LogP contribution in [0.3, 0.4) is 0 Å². The van der Waals surface area contributed by atoms with Gasteiger partial charge in [0.15, 0.2) is 0 Å². The molecule has 2 N–H and O–H groups in total. The lowest BCUT2D eigenvalue weighted by atomic mass is 10.2. The van der Waals surface area contributed by atoms with E-state index in [1.807, 2.05) is 20.1 Å². The van der Waals surface area contributed by atoms with Gasteiger partial charge in [-0.25, -0.2) is 0 Å². The second kappa shape index (κ2) is 7.70. The summed E-state index contributed by atoms with van der Waals surface area (Å²) in [4.78, 5) is 12.7. The lowest BCUT2D eigenvalue weighted by Crippen LogP contribution is -2.41. The van der Waals surface area contributed by atoms with Crippen molar-refractivity contribution in [2.45, 2.75) is 38.0 Å². The van der Waals surface area contributed by atoms with E-state index in [0.29, 0.717) is 4.88 Å². The summed E-state index contributed by atoms with van der Waals surface area (Å²) in [6, 6.07) is -0.0888. The highest BCUT2D eigenvalue weighted by atomic mass is 32.2. The number of thioether (sulfide) groups is 1. The number of carbonyl (C=O) groups excluding carboxylic acids is 1. The van der Waals surface area contributed by atoms with Crippen molar-refractivity contribution in [3.63, 3.8) is 0 Å². The van der Waals surface area contributed by atoms with Crippen LogP contribution in [0.25, 0.3) is 0 Å². The Morgan fingerprint density at radius 2 is 2.33 bits per heavy atom. The molecule has 0 saturated heterocycles. The number of rotatable bonds is 7. The first-order valence-corrected chi connectivity index (χ1v) is 7.95. The van der Waals surface area contributed by atoms with Crippen molar-refractivity contribution in [1.29, 1.82) is 0 Å². The summed E-state index contributed by atoms with van der Waals surface area (Å²) in [5.74, 6) is -0.145. The molecule has 1 rings (SSSR count). The molecular formula is C11H19N3O2S2.